The van der Waals surface area contributed by atoms with Crippen LogP contribution < -0.4 is 10.6 Å². The molecule has 23 heavy (non-hydrogen) atoms. The molecule has 1 fully saturated rings. The Bertz CT molecular complexity index is 585. The summed E-state index contributed by atoms with van der Waals surface area (Å²) < 4.78 is 0. The molecule has 0 aliphatic carbocycles. The van der Waals surface area contributed by atoms with E-state index in [1.807, 2.05) is 31.2 Å². The molecule has 1 amide bonds. The summed E-state index contributed by atoms with van der Waals surface area (Å²) in [6.07, 6.45) is 2.34. The van der Waals surface area contributed by atoms with Crippen molar-refractivity contribution >= 4 is 28.9 Å². The van der Waals surface area contributed by atoms with Crippen LogP contribution in [-0.2, 0) is 4.79 Å². The maximum absolute atomic E-state index is 12.1. The molecule has 5 heteroatoms. The van der Waals surface area contributed by atoms with Gasteiger partial charge in [0, 0.05) is 30.2 Å². The van der Waals surface area contributed by atoms with Crippen LogP contribution in [0.25, 0.3) is 0 Å². The largest absolute Gasteiger partial charge is 0.358 e. The highest BCUT2D eigenvalue weighted by Gasteiger charge is 2.32. The molecular formula is C18H27N3OS. The number of aryl methyl sites for hydroxylation is 1. The fourth-order valence-electron chi connectivity index (χ4n) is 3.14. The predicted molar refractivity (Wildman–Crippen MR) is 99.6 cm³/mol. The molecule has 0 unspecified atom stereocenters. The van der Waals surface area contributed by atoms with Gasteiger partial charge >= 0.3 is 0 Å². The Morgan fingerprint density at radius 3 is 2.87 bits per heavy atom. The van der Waals surface area contributed by atoms with Crippen molar-refractivity contribution in [1.82, 2.24) is 10.2 Å². The molecule has 0 spiro atoms. The summed E-state index contributed by atoms with van der Waals surface area (Å²) in [6.45, 7) is 9.36. The number of thiocarbonyl (C=S) groups is 1. The van der Waals surface area contributed by atoms with Crippen LogP contribution in [-0.4, -0.2) is 34.0 Å². The number of carbonyl (C=O) groups excluding carboxylic acids is 1. The highest BCUT2D eigenvalue weighted by atomic mass is 32.1. The standard InChI is InChI=1S/C18H27N3OS/c1-13-7-5-8-15(11-13)19-16(22)9-6-10-21-14(2)12-18(3,4)20-17(21)23/h5,7-8,11,14H,6,9-10,12H2,1-4H3,(H,19,22)(H,20,23)/t14-/m0/s1. The monoisotopic (exact) mass is 333 g/mol. The van der Waals surface area contributed by atoms with Crippen LogP contribution in [0.1, 0.15) is 45.6 Å². The average molecular weight is 334 g/mol. The second-order valence-corrected chi connectivity index (χ2v) is 7.47. The van der Waals surface area contributed by atoms with Gasteiger partial charge in [0.1, 0.15) is 0 Å². The summed E-state index contributed by atoms with van der Waals surface area (Å²) in [5.74, 6) is 0.0551. The van der Waals surface area contributed by atoms with Gasteiger partial charge in [0.05, 0.1) is 0 Å². The molecule has 2 N–H and O–H groups in total. The Hall–Kier alpha value is -1.62. The van der Waals surface area contributed by atoms with E-state index in [0.29, 0.717) is 12.5 Å². The Balaban J connectivity index is 1.78. The van der Waals surface area contributed by atoms with Crippen molar-refractivity contribution in [3.63, 3.8) is 0 Å². The molecule has 1 aliphatic heterocycles. The van der Waals surface area contributed by atoms with Gasteiger partial charge in [-0.25, -0.2) is 0 Å². The fraction of sp³-hybridized carbons (Fsp3) is 0.556. The number of rotatable bonds is 5. The summed E-state index contributed by atoms with van der Waals surface area (Å²) in [7, 11) is 0. The Morgan fingerprint density at radius 2 is 2.22 bits per heavy atom. The van der Waals surface area contributed by atoms with Crippen molar-refractivity contribution in [1.29, 1.82) is 0 Å². The van der Waals surface area contributed by atoms with Crippen molar-refractivity contribution in [2.75, 3.05) is 11.9 Å². The van der Waals surface area contributed by atoms with Crippen molar-refractivity contribution in [2.24, 2.45) is 0 Å². The van der Waals surface area contributed by atoms with Gasteiger partial charge in [-0.3, -0.25) is 4.79 Å². The first-order chi connectivity index (χ1) is 10.8. The summed E-state index contributed by atoms with van der Waals surface area (Å²) in [6, 6.07) is 8.26. The average Bonchev–Trinajstić information content (AvgIpc) is 2.40. The lowest BCUT2D eigenvalue weighted by molar-refractivity contribution is -0.116. The number of anilines is 1. The molecule has 1 heterocycles. The van der Waals surface area contributed by atoms with Crippen LogP contribution >= 0.6 is 12.2 Å². The molecule has 0 bridgehead atoms. The Morgan fingerprint density at radius 1 is 1.48 bits per heavy atom. The van der Waals surface area contributed by atoms with E-state index in [4.69, 9.17) is 12.2 Å². The minimum Gasteiger partial charge on any atom is -0.358 e. The van der Waals surface area contributed by atoms with Gasteiger partial charge in [0.15, 0.2) is 5.11 Å². The van der Waals surface area contributed by atoms with Crippen molar-refractivity contribution in [2.45, 2.75) is 58.5 Å². The third-order valence-corrected chi connectivity index (χ3v) is 4.49. The molecule has 1 aromatic carbocycles. The van der Waals surface area contributed by atoms with E-state index in [1.54, 1.807) is 0 Å². The first-order valence-corrected chi connectivity index (χ1v) is 8.63. The Labute approximate surface area is 144 Å². The topological polar surface area (TPSA) is 44.4 Å². The molecule has 1 aliphatic rings. The second kappa shape index (κ2) is 7.30. The summed E-state index contributed by atoms with van der Waals surface area (Å²) in [4.78, 5) is 14.2. The predicted octanol–water partition coefficient (Wildman–Crippen LogP) is 3.46. The smallest absolute Gasteiger partial charge is 0.224 e. The van der Waals surface area contributed by atoms with Crippen molar-refractivity contribution in [3.8, 4) is 0 Å². The number of carbonyl (C=O) groups is 1. The molecule has 126 valence electrons. The van der Waals surface area contributed by atoms with Crippen LogP contribution in [0.2, 0.25) is 0 Å². The molecule has 4 nitrogen and oxygen atoms in total. The van der Waals surface area contributed by atoms with E-state index < -0.39 is 0 Å². The normalized spacial score (nSPS) is 20.1. The lowest BCUT2D eigenvalue weighted by Crippen LogP contribution is -2.60. The van der Waals surface area contributed by atoms with Gasteiger partial charge < -0.3 is 15.5 Å². The number of nitrogens with one attached hydrogen (secondary N) is 2. The maximum atomic E-state index is 12.1. The molecule has 1 saturated heterocycles. The third-order valence-electron chi connectivity index (χ3n) is 4.15. The highest BCUT2D eigenvalue weighted by Crippen LogP contribution is 2.22. The molecular weight excluding hydrogens is 306 g/mol. The summed E-state index contributed by atoms with van der Waals surface area (Å²) >= 11 is 5.47. The van der Waals surface area contributed by atoms with Gasteiger partial charge in [0.2, 0.25) is 5.91 Å². The second-order valence-electron chi connectivity index (χ2n) is 7.08. The quantitative estimate of drug-likeness (QED) is 0.810. The maximum Gasteiger partial charge on any atom is 0.224 e. The Kier molecular flexibility index (Phi) is 5.63. The van der Waals surface area contributed by atoms with Crippen LogP contribution in [0.15, 0.2) is 24.3 Å². The zero-order chi connectivity index (χ0) is 17.0. The van der Waals surface area contributed by atoms with Crippen molar-refractivity contribution < 1.29 is 4.79 Å². The van der Waals surface area contributed by atoms with E-state index in [2.05, 4.69) is 36.3 Å². The van der Waals surface area contributed by atoms with Gasteiger partial charge in [-0.1, -0.05) is 12.1 Å². The van der Waals surface area contributed by atoms with E-state index >= 15 is 0 Å². The summed E-state index contributed by atoms with van der Waals surface area (Å²) in [5.41, 5.74) is 2.06. The first kappa shape index (κ1) is 17.7. The number of amides is 1. The molecule has 0 aromatic heterocycles. The molecule has 1 atom stereocenters. The first-order valence-electron chi connectivity index (χ1n) is 8.22. The van der Waals surface area contributed by atoms with E-state index in [0.717, 1.165) is 35.7 Å². The third kappa shape index (κ3) is 5.20. The van der Waals surface area contributed by atoms with Gasteiger partial charge in [-0.05, 0) is 70.5 Å². The number of hydrogen-bond donors (Lipinski definition) is 2. The SMILES string of the molecule is Cc1cccc(NC(=O)CCCN2C(=S)NC(C)(C)C[C@@H]2C)c1. The van der Waals surface area contributed by atoms with Gasteiger partial charge in [-0.2, -0.15) is 0 Å². The van der Waals surface area contributed by atoms with Crippen LogP contribution in [0.3, 0.4) is 0 Å². The lowest BCUT2D eigenvalue weighted by Gasteiger charge is -2.44. The lowest BCUT2D eigenvalue weighted by atomic mass is 9.93. The minimum absolute atomic E-state index is 0.0511. The van der Waals surface area contributed by atoms with Gasteiger partial charge in [0.25, 0.3) is 0 Å². The molecule has 1 aromatic rings. The van der Waals surface area contributed by atoms with Crippen LogP contribution in [0.4, 0.5) is 5.69 Å². The van der Waals surface area contributed by atoms with E-state index in [-0.39, 0.29) is 11.4 Å². The van der Waals surface area contributed by atoms with Crippen LogP contribution in [0, 0.1) is 6.92 Å². The number of benzene rings is 1. The van der Waals surface area contributed by atoms with E-state index in [9.17, 15) is 4.79 Å². The highest BCUT2D eigenvalue weighted by molar-refractivity contribution is 7.80. The zero-order valence-electron chi connectivity index (χ0n) is 14.5. The van der Waals surface area contributed by atoms with Crippen molar-refractivity contribution in [3.05, 3.63) is 29.8 Å². The number of nitrogens with zero attached hydrogens (tertiary/aromatic N) is 1. The molecule has 0 saturated carbocycles. The fourth-order valence-corrected chi connectivity index (χ4v) is 3.69. The molecule has 0 radical (unpaired) electrons. The zero-order valence-corrected chi connectivity index (χ0v) is 15.3. The van der Waals surface area contributed by atoms with E-state index in [1.165, 1.54) is 0 Å². The minimum atomic E-state index is 0.0511. The molecule has 2 rings (SSSR count). The van der Waals surface area contributed by atoms with Crippen LogP contribution in [0.5, 0.6) is 0 Å². The summed E-state index contributed by atoms with van der Waals surface area (Å²) in [5, 5.41) is 7.13. The number of hydrogen-bond acceptors (Lipinski definition) is 2. The van der Waals surface area contributed by atoms with Gasteiger partial charge in [-0.15, -0.1) is 0 Å².